The van der Waals surface area contributed by atoms with Crippen molar-refractivity contribution in [2.24, 2.45) is 0 Å². The van der Waals surface area contributed by atoms with Gasteiger partial charge in [0, 0.05) is 23.9 Å². The zero-order valence-corrected chi connectivity index (χ0v) is 20.0. The first kappa shape index (κ1) is 23.5. The van der Waals surface area contributed by atoms with E-state index in [1.807, 2.05) is 42.5 Å². The van der Waals surface area contributed by atoms with Crippen LogP contribution in [0.5, 0.6) is 5.75 Å². The third-order valence-corrected chi connectivity index (χ3v) is 7.37. The molecule has 0 fully saturated rings. The van der Waals surface area contributed by atoms with Gasteiger partial charge in [-0.05, 0) is 66.7 Å². The van der Waals surface area contributed by atoms with Crippen molar-refractivity contribution >= 4 is 50.7 Å². The van der Waals surface area contributed by atoms with Gasteiger partial charge in [-0.3, -0.25) is 14.4 Å². The predicted molar refractivity (Wildman–Crippen MR) is 138 cm³/mol. The van der Waals surface area contributed by atoms with Crippen LogP contribution in [0.25, 0.3) is 6.08 Å². The molecule has 1 aliphatic rings. The Hall–Kier alpha value is -3.69. The number of hydrogen-bond donors (Lipinski definition) is 2. The average Bonchev–Trinajstić information content (AvgIpc) is 3.28. The van der Waals surface area contributed by atoms with Crippen LogP contribution in [0.1, 0.15) is 11.1 Å². The van der Waals surface area contributed by atoms with Gasteiger partial charge in [0.1, 0.15) is 5.75 Å². The summed E-state index contributed by atoms with van der Waals surface area (Å²) in [4.78, 5) is 12.4. The van der Waals surface area contributed by atoms with Gasteiger partial charge in [-0.25, -0.2) is 8.42 Å². The van der Waals surface area contributed by atoms with Crippen molar-refractivity contribution in [3.63, 3.8) is 0 Å². The summed E-state index contributed by atoms with van der Waals surface area (Å²) in [6.07, 6.45) is 3.68. The van der Waals surface area contributed by atoms with Crippen LogP contribution in [0.3, 0.4) is 0 Å². The normalized spacial score (nSPS) is 12.9. The lowest BCUT2D eigenvalue weighted by atomic mass is 10.2. The maximum absolute atomic E-state index is 13.1. The molecule has 0 radical (unpaired) electrons. The summed E-state index contributed by atoms with van der Waals surface area (Å²) in [5, 5.41) is 5.55. The summed E-state index contributed by atoms with van der Waals surface area (Å²) in [6, 6.07) is 21.1. The number of nitrogens with one attached hydrogen (secondary N) is 2. The van der Waals surface area contributed by atoms with E-state index in [4.69, 9.17) is 17.0 Å². The lowest BCUT2D eigenvalue weighted by molar-refractivity contribution is -0.115. The van der Waals surface area contributed by atoms with Gasteiger partial charge in [0.15, 0.2) is 5.11 Å². The Morgan fingerprint density at radius 2 is 1.74 bits per heavy atom. The van der Waals surface area contributed by atoms with E-state index in [2.05, 4.69) is 10.6 Å². The molecule has 1 heterocycles. The number of nitrogens with zero attached hydrogens (tertiary/aromatic N) is 1. The van der Waals surface area contributed by atoms with Crippen molar-refractivity contribution in [2.45, 2.75) is 11.3 Å². The van der Waals surface area contributed by atoms with Crippen molar-refractivity contribution in [1.29, 1.82) is 0 Å². The molecule has 0 aliphatic carbocycles. The third kappa shape index (κ3) is 5.11. The molecule has 34 heavy (non-hydrogen) atoms. The van der Waals surface area contributed by atoms with Crippen LogP contribution in [-0.4, -0.2) is 33.1 Å². The number of carbonyl (C=O) groups is 1. The molecule has 0 bridgehead atoms. The van der Waals surface area contributed by atoms with E-state index < -0.39 is 15.9 Å². The van der Waals surface area contributed by atoms with Gasteiger partial charge >= 0.3 is 0 Å². The van der Waals surface area contributed by atoms with Crippen LogP contribution in [0.15, 0.2) is 83.8 Å². The standard InChI is InChI=1S/C25H23N3O4S2/c1-32-23-9-5-3-7-19(23)10-15-24(29)27-25(33)26-20-11-13-21(14-12-20)34(30,31)28-17-16-18-6-2-4-8-22(18)28/h2-15H,16-17H2,1H3,(H2,26,27,29,33)/b15-10+. The first-order valence-electron chi connectivity index (χ1n) is 10.5. The minimum atomic E-state index is -3.67. The van der Waals surface area contributed by atoms with E-state index in [9.17, 15) is 13.2 Å². The molecule has 0 spiro atoms. The second-order valence-corrected chi connectivity index (χ2v) is 9.77. The van der Waals surface area contributed by atoms with Crippen LogP contribution in [-0.2, 0) is 21.2 Å². The molecule has 174 valence electrons. The maximum atomic E-state index is 13.1. The smallest absolute Gasteiger partial charge is 0.264 e. The molecule has 9 heteroatoms. The fraction of sp³-hybridized carbons (Fsp3) is 0.120. The highest BCUT2D eigenvalue weighted by atomic mass is 32.2. The minimum Gasteiger partial charge on any atom is -0.496 e. The first-order chi connectivity index (χ1) is 16.4. The molecule has 4 rings (SSSR count). The molecule has 1 amide bonds. The van der Waals surface area contributed by atoms with Crippen molar-refractivity contribution in [3.8, 4) is 5.75 Å². The van der Waals surface area contributed by atoms with Gasteiger partial charge in [-0.2, -0.15) is 0 Å². The lowest BCUT2D eigenvalue weighted by Gasteiger charge is -2.19. The minimum absolute atomic E-state index is 0.0961. The average molecular weight is 494 g/mol. The van der Waals surface area contributed by atoms with E-state index >= 15 is 0 Å². The van der Waals surface area contributed by atoms with E-state index in [0.29, 0.717) is 24.4 Å². The van der Waals surface area contributed by atoms with Crippen molar-refractivity contribution in [3.05, 3.63) is 90.0 Å². The maximum Gasteiger partial charge on any atom is 0.264 e. The molecular formula is C25H23N3O4S2. The van der Waals surface area contributed by atoms with Crippen LogP contribution >= 0.6 is 12.2 Å². The number of fused-ring (bicyclic) bond motifs is 1. The number of ether oxygens (including phenoxy) is 1. The Balaban J connectivity index is 1.37. The summed E-state index contributed by atoms with van der Waals surface area (Å²) in [7, 11) is -2.11. The lowest BCUT2D eigenvalue weighted by Crippen LogP contribution is -2.32. The number of methoxy groups -OCH3 is 1. The quantitative estimate of drug-likeness (QED) is 0.399. The fourth-order valence-electron chi connectivity index (χ4n) is 3.68. The number of rotatable bonds is 6. The van der Waals surface area contributed by atoms with Crippen LogP contribution in [0.4, 0.5) is 11.4 Å². The molecule has 0 saturated heterocycles. The summed E-state index contributed by atoms with van der Waals surface area (Å²) in [5.41, 5.74) is 3.05. The highest BCUT2D eigenvalue weighted by molar-refractivity contribution is 7.92. The van der Waals surface area contributed by atoms with E-state index in [1.54, 1.807) is 31.4 Å². The van der Waals surface area contributed by atoms with Gasteiger partial charge in [0.25, 0.3) is 10.0 Å². The van der Waals surface area contributed by atoms with Crippen LogP contribution in [0, 0.1) is 0 Å². The molecular weight excluding hydrogens is 470 g/mol. The molecule has 2 N–H and O–H groups in total. The van der Waals surface area contributed by atoms with Crippen molar-refractivity contribution in [2.75, 3.05) is 23.3 Å². The number of thiocarbonyl (C=S) groups is 1. The highest BCUT2D eigenvalue weighted by Gasteiger charge is 2.30. The second kappa shape index (κ2) is 10.1. The molecule has 0 unspecified atom stereocenters. The summed E-state index contributed by atoms with van der Waals surface area (Å²) in [5.74, 6) is 0.245. The molecule has 3 aromatic carbocycles. The van der Waals surface area contributed by atoms with Gasteiger partial charge < -0.3 is 10.1 Å². The number of sulfonamides is 1. The molecule has 0 atom stereocenters. The van der Waals surface area contributed by atoms with E-state index in [1.165, 1.54) is 22.5 Å². The number of hydrogen-bond acceptors (Lipinski definition) is 5. The second-order valence-electron chi connectivity index (χ2n) is 7.50. The molecule has 3 aromatic rings. The molecule has 7 nitrogen and oxygen atoms in total. The van der Waals surface area contributed by atoms with Crippen molar-refractivity contribution < 1.29 is 17.9 Å². The van der Waals surface area contributed by atoms with Crippen LogP contribution in [0.2, 0.25) is 0 Å². The monoisotopic (exact) mass is 493 g/mol. The number of benzene rings is 3. The Bertz CT molecular complexity index is 1350. The Morgan fingerprint density at radius 1 is 1.03 bits per heavy atom. The molecule has 0 aromatic heterocycles. The fourth-order valence-corrected chi connectivity index (χ4v) is 5.40. The first-order valence-corrected chi connectivity index (χ1v) is 12.4. The van der Waals surface area contributed by atoms with E-state index in [0.717, 1.165) is 16.8 Å². The predicted octanol–water partition coefficient (Wildman–Crippen LogP) is 3.97. The Morgan fingerprint density at radius 3 is 2.50 bits per heavy atom. The van der Waals surface area contributed by atoms with E-state index in [-0.39, 0.29) is 10.0 Å². The molecule has 0 saturated carbocycles. The van der Waals surface area contributed by atoms with Gasteiger partial charge in [-0.1, -0.05) is 36.4 Å². The third-order valence-electron chi connectivity index (χ3n) is 5.33. The SMILES string of the molecule is COc1ccccc1/C=C/C(=O)NC(=S)Nc1ccc(S(=O)(=O)N2CCc3ccccc32)cc1. The highest BCUT2D eigenvalue weighted by Crippen LogP contribution is 2.32. The number of carbonyl (C=O) groups excluding carboxylic acids is 1. The Labute approximate surface area is 204 Å². The number of anilines is 2. The zero-order valence-electron chi connectivity index (χ0n) is 18.4. The van der Waals surface area contributed by atoms with Crippen LogP contribution < -0.4 is 19.7 Å². The largest absolute Gasteiger partial charge is 0.496 e. The van der Waals surface area contributed by atoms with Gasteiger partial charge in [0.2, 0.25) is 5.91 Å². The van der Waals surface area contributed by atoms with Crippen molar-refractivity contribution in [1.82, 2.24) is 5.32 Å². The summed E-state index contributed by atoms with van der Waals surface area (Å²) >= 11 is 5.20. The van der Waals surface area contributed by atoms with Gasteiger partial charge in [0.05, 0.1) is 17.7 Å². The zero-order chi connectivity index (χ0) is 24.1. The van der Waals surface area contributed by atoms with Gasteiger partial charge in [-0.15, -0.1) is 0 Å². The topological polar surface area (TPSA) is 87.7 Å². The number of para-hydroxylation sites is 2. The summed E-state index contributed by atoms with van der Waals surface area (Å²) in [6.45, 7) is 0.417. The Kier molecular flexibility index (Phi) is 6.95. The number of amides is 1. The molecule has 1 aliphatic heterocycles. The summed E-state index contributed by atoms with van der Waals surface area (Å²) < 4.78 is 32.9.